The predicted octanol–water partition coefficient (Wildman–Crippen LogP) is 5.92. The molecular formula is C27H25ClN4O3. The van der Waals surface area contributed by atoms with Gasteiger partial charge in [0.2, 0.25) is 0 Å². The predicted molar refractivity (Wildman–Crippen MR) is 135 cm³/mol. The number of aliphatic hydroxyl groups excluding tert-OH is 1. The molecule has 0 bridgehead atoms. The SMILES string of the molecule is C[C@@H](OC(=O)Nc1cnnn1-c1ccc(-c2ccc(C3(CO)CC3)cc2)cc1)c1ccccc1Cl. The molecule has 1 atom stereocenters. The van der Waals surface area contributed by atoms with Crippen LogP contribution in [0.4, 0.5) is 10.6 Å². The molecule has 0 spiro atoms. The summed E-state index contributed by atoms with van der Waals surface area (Å²) in [6.07, 6.45) is 2.39. The van der Waals surface area contributed by atoms with Crippen molar-refractivity contribution in [2.45, 2.75) is 31.3 Å². The van der Waals surface area contributed by atoms with Gasteiger partial charge in [-0.2, -0.15) is 4.68 Å². The molecule has 0 saturated heterocycles. The Morgan fingerprint density at radius 1 is 1.09 bits per heavy atom. The summed E-state index contributed by atoms with van der Waals surface area (Å²) in [6, 6.07) is 23.4. The van der Waals surface area contributed by atoms with Gasteiger partial charge in [0.25, 0.3) is 0 Å². The number of anilines is 1. The van der Waals surface area contributed by atoms with Crippen LogP contribution < -0.4 is 5.32 Å². The average Bonchev–Trinajstić information content (AvgIpc) is 3.56. The van der Waals surface area contributed by atoms with Gasteiger partial charge in [-0.1, -0.05) is 71.4 Å². The molecule has 1 saturated carbocycles. The van der Waals surface area contributed by atoms with Crippen molar-refractivity contribution < 1.29 is 14.6 Å². The molecule has 1 aliphatic rings. The number of ether oxygens (including phenoxy) is 1. The first-order valence-corrected chi connectivity index (χ1v) is 11.8. The Bertz CT molecular complexity index is 1330. The fourth-order valence-electron chi connectivity index (χ4n) is 4.17. The number of carbonyl (C=O) groups excluding carboxylic acids is 1. The molecule has 4 aromatic rings. The van der Waals surface area contributed by atoms with Gasteiger partial charge in [-0.25, -0.2) is 4.79 Å². The second-order valence-corrected chi connectivity index (χ2v) is 9.19. The molecule has 1 fully saturated rings. The number of carbonyl (C=O) groups is 1. The van der Waals surface area contributed by atoms with Gasteiger partial charge in [0, 0.05) is 16.0 Å². The Labute approximate surface area is 208 Å². The van der Waals surface area contributed by atoms with Crippen molar-refractivity contribution >= 4 is 23.5 Å². The Balaban J connectivity index is 1.27. The summed E-state index contributed by atoms with van der Waals surface area (Å²) >= 11 is 6.20. The number of aromatic nitrogens is 3. The van der Waals surface area contributed by atoms with E-state index in [2.05, 4.69) is 39.9 Å². The van der Waals surface area contributed by atoms with Crippen LogP contribution in [-0.2, 0) is 10.2 Å². The molecule has 178 valence electrons. The van der Waals surface area contributed by atoms with Crippen molar-refractivity contribution in [1.29, 1.82) is 0 Å². The van der Waals surface area contributed by atoms with Gasteiger partial charge < -0.3 is 9.84 Å². The first-order chi connectivity index (χ1) is 17.0. The lowest BCUT2D eigenvalue weighted by molar-refractivity contribution is 0.121. The van der Waals surface area contributed by atoms with Crippen molar-refractivity contribution in [1.82, 2.24) is 15.0 Å². The van der Waals surface area contributed by atoms with Crippen LogP contribution in [0.25, 0.3) is 16.8 Å². The number of nitrogens with one attached hydrogen (secondary N) is 1. The zero-order valence-corrected chi connectivity index (χ0v) is 19.9. The molecule has 1 amide bonds. The van der Waals surface area contributed by atoms with Crippen LogP contribution in [0.5, 0.6) is 0 Å². The highest BCUT2D eigenvalue weighted by atomic mass is 35.5. The molecule has 1 aromatic heterocycles. The number of nitrogens with zero attached hydrogens (tertiary/aromatic N) is 3. The third-order valence-electron chi connectivity index (χ3n) is 6.51. The number of aliphatic hydroxyl groups is 1. The van der Waals surface area contributed by atoms with Crippen molar-refractivity contribution in [2.75, 3.05) is 11.9 Å². The fourth-order valence-corrected chi connectivity index (χ4v) is 4.46. The first kappa shape index (κ1) is 23.1. The summed E-state index contributed by atoms with van der Waals surface area (Å²) < 4.78 is 7.02. The lowest BCUT2D eigenvalue weighted by Gasteiger charge is -2.15. The van der Waals surface area contributed by atoms with Gasteiger partial charge >= 0.3 is 6.09 Å². The van der Waals surface area contributed by atoms with Crippen molar-refractivity contribution in [3.05, 3.63) is 95.1 Å². The molecule has 0 aliphatic heterocycles. The Morgan fingerprint density at radius 3 is 2.37 bits per heavy atom. The van der Waals surface area contributed by atoms with Crippen LogP contribution in [0.15, 0.2) is 79.0 Å². The van der Waals surface area contributed by atoms with E-state index in [1.54, 1.807) is 13.0 Å². The van der Waals surface area contributed by atoms with Crippen LogP contribution >= 0.6 is 11.6 Å². The Kier molecular flexibility index (Phi) is 6.28. The van der Waals surface area contributed by atoms with E-state index >= 15 is 0 Å². The Morgan fingerprint density at radius 2 is 1.74 bits per heavy atom. The zero-order chi connectivity index (χ0) is 24.4. The third-order valence-corrected chi connectivity index (χ3v) is 6.85. The van der Waals surface area contributed by atoms with E-state index in [1.807, 2.05) is 42.5 Å². The summed E-state index contributed by atoms with van der Waals surface area (Å²) in [5.74, 6) is 0.386. The van der Waals surface area contributed by atoms with Gasteiger partial charge in [0.05, 0.1) is 18.5 Å². The molecule has 2 N–H and O–H groups in total. The van der Waals surface area contributed by atoms with Crippen LogP contribution in [0, 0.1) is 0 Å². The van der Waals surface area contributed by atoms with Gasteiger partial charge in [0.15, 0.2) is 5.82 Å². The highest BCUT2D eigenvalue weighted by Gasteiger charge is 2.43. The summed E-state index contributed by atoms with van der Waals surface area (Å²) in [7, 11) is 0. The zero-order valence-electron chi connectivity index (χ0n) is 19.2. The van der Waals surface area contributed by atoms with Crippen LogP contribution in [-0.4, -0.2) is 32.8 Å². The molecule has 0 radical (unpaired) electrons. The lowest BCUT2D eigenvalue weighted by Crippen LogP contribution is -2.18. The van der Waals surface area contributed by atoms with E-state index in [1.165, 1.54) is 16.4 Å². The number of hydrogen-bond donors (Lipinski definition) is 2. The van der Waals surface area contributed by atoms with Crippen molar-refractivity contribution in [3.63, 3.8) is 0 Å². The highest BCUT2D eigenvalue weighted by molar-refractivity contribution is 6.31. The molecule has 7 nitrogen and oxygen atoms in total. The van der Waals surface area contributed by atoms with Crippen LogP contribution in [0.1, 0.15) is 37.0 Å². The van der Waals surface area contributed by atoms with E-state index in [0.29, 0.717) is 10.8 Å². The molecular weight excluding hydrogens is 464 g/mol. The van der Waals surface area contributed by atoms with E-state index in [4.69, 9.17) is 16.3 Å². The summed E-state index contributed by atoms with van der Waals surface area (Å²) in [6.45, 7) is 1.96. The monoisotopic (exact) mass is 488 g/mol. The minimum atomic E-state index is -0.631. The number of hydrogen-bond acceptors (Lipinski definition) is 5. The largest absolute Gasteiger partial charge is 0.441 e. The van der Waals surface area contributed by atoms with Gasteiger partial charge in [-0.15, -0.1) is 5.10 Å². The Hall–Kier alpha value is -3.68. The number of halogens is 1. The second-order valence-electron chi connectivity index (χ2n) is 8.79. The topological polar surface area (TPSA) is 89.3 Å². The summed E-state index contributed by atoms with van der Waals surface area (Å²) in [5, 5.41) is 20.9. The normalized spacial score (nSPS) is 14.8. The fraction of sp³-hybridized carbons (Fsp3) is 0.222. The average molecular weight is 489 g/mol. The van der Waals surface area contributed by atoms with Crippen molar-refractivity contribution in [2.24, 2.45) is 0 Å². The van der Waals surface area contributed by atoms with Crippen LogP contribution in [0.3, 0.4) is 0 Å². The number of rotatable bonds is 7. The molecule has 3 aromatic carbocycles. The second kappa shape index (κ2) is 9.52. The third kappa shape index (κ3) is 4.78. The molecule has 1 aliphatic carbocycles. The molecule has 1 heterocycles. The quantitative estimate of drug-likeness (QED) is 0.337. The lowest BCUT2D eigenvalue weighted by atomic mass is 9.94. The van der Waals surface area contributed by atoms with Crippen molar-refractivity contribution in [3.8, 4) is 16.8 Å². The first-order valence-electron chi connectivity index (χ1n) is 11.4. The molecule has 0 unspecified atom stereocenters. The summed E-state index contributed by atoms with van der Waals surface area (Å²) in [5.41, 5.74) is 4.76. The molecule has 35 heavy (non-hydrogen) atoms. The maximum absolute atomic E-state index is 12.5. The maximum Gasteiger partial charge on any atom is 0.413 e. The number of benzene rings is 3. The molecule has 5 rings (SSSR count). The smallest absolute Gasteiger partial charge is 0.413 e. The minimum absolute atomic E-state index is 0.0365. The van der Waals surface area contributed by atoms with E-state index in [0.717, 1.165) is 35.2 Å². The van der Waals surface area contributed by atoms with E-state index < -0.39 is 12.2 Å². The highest BCUT2D eigenvalue weighted by Crippen LogP contribution is 2.47. The minimum Gasteiger partial charge on any atom is -0.441 e. The number of amides is 1. The van der Waals surface area contributed by atoms with E-state index in [-0.39, 0.29) is 12.0 Å². The standard InChI is InChI=1S/C27H25ClN4O3/c1-18(23-4-2-3-5-24(23)28)35-26(34)30-25-16-29-31-32(25)22-12-8-20(9-13-22)19-6-10-21(11-7-19)27(17-33)14-15-27/h2-13,16,18,33H,14-15,17H2,1H3,(H,30,34)/t18-/m1/s1. The van der Waals surface area contributed by atoms with Crippen LogP contribution in [0.2, 0.25) is 5.02 Å². The molecule has 8 heteroatoms. The maximum atomic E-state index is 12.5. The van der Waals surface area contributed by atoms with E-state index in [9.17, 15) is 9.90 Å². The van der Waals surface area contributed by atoms with Gasteiger partial charge in [0.1, 0.15) is 6.10 Å². The van der Waals surface area contributed by atoms with Gasteiger partial charge in [-0.05, 0) is 54.7 Å². The van der Waals surface area contributed by atoms with Gasteiger partial charge in [-0.3, -0.25) is 5.32 Å². The summed E-state index contributed by atoms with van der Waals surface area (Å²) in [4.78, 5) is 12.5.